The minimum atomic E-state index is -0.888. The molecule has 5 heteroatoms. The van der Waals surface area contributed by atoms with E-state index in [9.17, 15) is 9.59 Å². The van der Waals surface area contributed by atoms with Gasteiger partial charge in [0.05, 0.1) is 0 Å². The first kappa shape index (κ1) is 12.7. The number of piperidine rings is 1. The van der Waals surface area contributed by atoms with E-state index in [0.29, 0.717) is 11.6 Å². The smallest absolute Gasteiger partial charge is 0.352 e. The van der Waals surface area contributed by atoms with E-state index in [1.165, 1.54) is 0 Å². The lowest BCUT2D eigenvalue weighted by atomic mass is 9.96. The molecular formula is C13H18N2O3. The summed E-state index contributed by atoms with van der Waals surface area (Å²) in [7, 11) is 0. The highest BCUT2D eigenvalue weighted by Gasteiger charge is 2.22. The summed E-state index contributed by atoms with van der Waals surface area (Å²) in [5, 5.41) is 9.03. The van der Waals surface area contributed by atoms with Crippen molar-refractivity contribution in [2.45, 2.75) is 26.3 Å². The highest BCUT2D eigenvalue weighted by molar-refractivity contribution is 5.85. The molecule has 1 aromatic heterocycles. The number of carboxylic acids is 1. The van der Waals surface area contributed by atoms with Crippen LogP contribution < -0.4 is 0 Å². The van der Waals surface area contributed by atoms with Gasteiger partial charge in [-0.1, -0.05) is 0 Å². The molecule has 0 radical (unpaired) electrons. The molecule has 0 bridgehead atoms. The molecule has 1 fully saturated rings. The molecule has 1 saturated heterocycles. The predicted molar refractivity (Wildman–Crippen MR) is 66.4 cm³/mol. The van der Waals surface area contributed by atoms with Crippen molar-refractivity contribution in [3.8, 4) is 0 Å². The van der Waals surface area contributed by atoms with Crippen LogP contribution in [-0.2, 0) is 11.3 Å². The molecule has 5 nitrogen and oxygen atoms in total. The van der Waals surface area contributed by atoms with Gasteiger partial charge in [0, 0.05) is 32.8 Å². The van der Waals surface area contributed by atoms with Crippen molar-refractivity contribution in [2.24, 2.45) is 5.92 Å². The number of aromatic carboxylic acids is 1. The summed E-state index contributed by atoms with van der Waals surface area (Å²) in [5.41, 5.74) is 0.337. The number of carboxylic acid groups (broad SMARTS) is 1. The van der Waals surface area contributed by atoms with E-state index in [4.69, 9.17) is 5.11 Å². The molecule has 0 spiro atoms. The number of amides is 1. The van der Waals surface area contributed by atoms with E-state index in [-0.39, 0.29) is 5.91 Å². The van der Waals surface area contributed by atoms with Crippen molar-refractivity contribution in [1.29, 1.82) is 0 Å². The number of hydrogen-bond acceptors (Lipinski definition) is 2. The Morgan fingerprint density at radius 3 is 2.61 bits per heavy atom. The predicted octanol–water partition coefficient (Wildman–Crippen LogP) is 1.44. The lowest BCUT2D eigenvalue weighted by molar-refractivity contribution is -0.130. The fourth-order valence-electron chi connectivity index (χ4n) is 2.48. The molecular weight excluding hydrogens is 232 g/mol. The van der Waals surface area contributed by atoms with Crippen molar-refractivity contribution in [3.63, 3.8) is 0 Å². The van der Waals surface area contributed by atoms with Gasteiger partial charge in [0.15, 0.2) is 0 Å². The van der Waals surface area contributed by atoms with Gasteiger partial charge >= 0.3 is 5.97 Å². The number of likely N-dealkylation sites (tertiary alicyclic amines) is 1. The standard InChI is InChI=1S/C13H18N2O3/c1-10(16)14-7-4-11(5-8-14)9-15-6-2-3-12(15)13(17)18/h2-3,6,11H,4-5,7-9H2,1H3,(H,17,18). The highest BCUT2D eigenvalue weighted by Crippen LogP contribution is 2.20. The summed E-state index contributed by atoms with van der Waals surface area (Å²) in [6.45, 7) is 3.88. The second-order valence-corrected chi connectivity index (χ2v) is 4.80. The van der Waals surface area contributed by atoms with Crippen molar-refractivity contribution in [2.75, 3.05) is 13.1 Å². The van der Waals surface area contributed by atoms with Gasteiger partial charge in [-0.2, -0.15) is 0 Å². The third-order valence-corrected chi connectivity index (χ3v) is 3.56. The summed E-state index contributed by atoms with van der Waals surface area (Å²) in [4.78, 5) is 24.1. The number of rotatable bonds is 3. The fraction of sp³-hybridized carbons (Fsp3) is 0.538. The molecule has 0 unspecified atom stereocenters. The van der Waals surface area contributed by atoms with Gasteiger partial charge in [0.2, 0.25) is 5.91 Å². The van der Waals surface area contributed by atoms with Crippen LogP contribution in [0, 0.1) is 5.92 Å². The molecule has 1 amide bonds. The number of hydrogen-bond donors (Lipinski definition) is 1. The maximum Gasteiger partial charge on any atom is 0.352 e. The first-order valence-electron chi connectivity index (χ1n) is 6.22. The third kappa shape index (κ3) is 2.72. The number of nitrogens with zero attached hydrogens (tertiary/aromatic N) is 2. The van der Waals surface area contributed by atoms with Crippen LogP contribution in [0.5, 0.6) is 0 Å². The number of carbonyl (C=O) groups is 2. The highest BCUT2D eigenvalue weighted by atomic mass is 16.4. The molecule has 0 aromatic carbocycles. The average Bonchev–Trinajstić information content (AvgIpc) is 2.78. The normalized spacial score (nSPS) is 16.8. The van der Waals surface area contributed by atoms with Crippen molar-refractivity contribution < 1.29 is 14.7 Å². The van der Waals surface area contributed by atoms with Gasteiger partial charge in [0.1, 0.15) is 5.69 Å². The van der Waals surface area contributed by atoms with Crippen LogP contribution in [0.2, 0.25) is 0 Å². The summed E-state index contributed by atoms with van der Waals surface area (Å²) >= 11 is 0. The van der Waals surface area contributed by atoms with Gasteiger partial charge < -0.3 is 14.6 Å². The van der Waals surface area contributed by atoms with Crippen LogP contribution in [0.3, 0.4) is 0 Å². The SMILES string of the molecule is CC(=O)N1CCC(Cn2cccc2C(=O)O)CC1. The molecule has 1 N–H and O–H groups in total. The molecule has 2 rings (SSSR count). The van der Waals surface area contributed by atoms with E-state index in [1.807, 2.05) is 4.90 Å². The summed E-state index contributed by atoms with van der Waals surface area (Å²) in [6, 6.07) is 3.38. The monoisotopic (exact) mass is 250 g/mol. The topological polar surface area (TPSA) is 62.5 Å². The Morgan fingerprint density at radius 2 is 2.06 bits per heavy atom. The van der Waals surface area contributed by atoms with Crippen molar-refractivity contribution in [3.05, 3.63) is 24.0 Å². The van der Waals surface area contributed by atoms with E-state index < -0.39 is 5.97 Å². The van der Waals surface area contributed by atoms with Crippen LogP contribution in [0.25, 0.3) is 0 Å². The van der Waals surface area contributed by atoms with Gasteiger partial charge in [-0.3, -0.25) is 4.79 Å². The molecule has 1 aliphatic heterocycles. The molecule has 1 aliphatic rings. The third-order valence-electron chi connectivity index (χ3n) is 3.56. The molecule has 0 aliphatic carbocycles. The molecule has 0 atom stereocenters. The Kier molecular flexibility index (Phi) is 3.69. The number of carbonyl (C=O) groups excluding carboxylic acids is 1. The second kappa shape index (κ2) is 5.25. The lowest BCUT2D eigenvalue weighted by Gasteiger charge is -2.31. The van der Waals surface area contributed by atoms with Crippen LogP contribution >= 0.6 is 0 Å². The van der Waals surface area contributed by atoms with Crippen molar-refractivity contribution in [1.82, 2.24) is 9.47 Å². The first-order chi connectivity index (χ1) is 8.58. The minimum Gasteiger partial charge on any atom is -0.477 e. The van der Waals surface area contributed by atoms with E-state index in [0.717, 1.165) is 32.5 Å². The van der Waals surface area contributed by atoms with Gasteiger partial charge in [-0.15, -0.1) is 0 Å². The molecule has 98 valence electrons. The summed E-state index contributed by atoms with van der Waals surface area (Å²) in [6.07, 6.45) is 3.69. The van der Waals surface area contributed by atoms with Crippen molar-refractivity contribution >= 4 is 11.9 Å². The lowest BCUT2D eigenvalue weighted by Crippen LogP contribution is -2.38. The maximum atomic E-state index is 11.2. The zero-order valence-corrected chi connectivity index (χ0v) is 10.5. The molecule has 0 saturated carbocycles. The fourth-order valence-corrected chi connectivity index (χ4v) is 2.48. The molecule has 2 heterocycles. The van der Waals surface area contributed by atoms with Gasteiger partial charge in [0.25, 0.3) is 0 Å². The largest absolute Gasteiger partial charge is 0.477 e. The quantitative estimate of drug-likeness (QED) is 0.883. The average molecular weight is 250 g/mol. The van der Waals surface area contributed by atoms with Crippen LogP contribution in [0.4, 0.5) is 0 Å². The first-order valence-corrected chi connectivity index (χ1v) is 6.22. The summed E-state index contributed by atoms with van der Waals surface area (Å²) < 4.78 is 1.79. The van der Waals surface area contributed by atoms with E-state index in [1.54, 1.807) is 29.8 Å². The Balaban J connectivity index is 1.93. The molecule has 18 heavy (non-hydrogen) atoms. The minimum absolute atomic E-state index is 0.126. The van der Waals surface area contributed by atoms with Crippen LogP contribution in [0.15, 0.2) is 18.3 Å². The Bertz CT molecular complexity index is 445. The number of aromatic nitrogens is 1. The second-order valence-electron chi connectivity index (χ2n) is 4.80. The summed E-state index contributed by atoms with van der Waals surface area (Å²) in [5.74, 6) is -0.312. The van der Waals surface area contributed by atoms with Gasteiger partial charge in [-0.25, -0.2) is 4.79 Å². The zero-order valence-electron chi connectivity index (χ0n) is 10.5. The Morgan fingerprint density at radius 1 is 1.39 bits per heavy atom. The zero-order chi connectivity index (χ0) is 13.1. The van der Waals surface area contributed by atoms with Crippen LogP contribution in [0.1, 0.15) is 30.3 Å². The Labute approximate surface area is 106 Å². The van der Waals surface area contributed by atoms with Gasteiger partial charge in [-0.05, 0) is 30.9 Å². The Hall–Kier alpha value is -1.78. The molecule has 1 aromatic rings. The van der Waals surface area contributed by atoms with E-state index >= 15 is 0 Å². The van der Waals surface area contributed by atoms with E-state index in [2.05, 4.69) is 0 Å². The van der Waals surface area contributed by atoms with Crippen LogP contribution in [-0.4, -0.2) is 39.5 Å². The maximum absolute atomic E-state index is 11.2.